The lowest BCUT2D eigenvalue weighted by molar-refractivity contribution is -0.156. The van der Waals surface area contributed by atoms with Crippen molar-refractivity contribution in [1.29, 1.82) is 0 Å². The number of aliphatic hydroxyl groups excluding tert-OH is 2. The quantitative estimate of drug-likeness (QED) is 0.0238. The zero-order valence-electron chi connectivity index (χ0n) is 58.4. The van der Waals surface area contributed by atoms with Crippen molar-refractivity contribution in [2.45, 2.75) is 197 Å². The number of amides is 13. The van der Waals surface area contributed by atoms with E-state index in [0.29, 0.717) is 28.5 Å². The molecule has 572 valence electrons. The van der Waals surface area contributed by atoms with E-state index < -0.39 is 232 Å². The number of aliphatic hydroxyl groups is 2. The lowest BCUT2D eigenvalue weighted by Crippen LogP contribution is -2.62. The average Bonchev–Trinajstić information content (AvgIpc) is 1.80. The summed E-state index contributed by atoms with van der Waals surface area (Å²) >= 11 is 0. The molecule has 0 radical (unpaired) electrons. The third-order valence-corrected chi connectivity index (χ3v) is 16.8. The second-order valence-corrected chi connectivity index (χ2v) is 25.1. The SMILES string of the molecule is CCCCCCCC(O)CC(=O)N[C@H](CO)C(=O)N[C@@H]1C(=O)N[C@H](CCN)C(=O)N[C@@H](CC(=O)O)C(=O)NCC(=O)N[C@H](CC(N)=O)C(=O)N[C@H](CC(=O)O)C(=O)NCC(=O)N[C@@H](Cc2c[nH]c3ccccc23)C(=O)N[C@@H]([C@@H](C)CC)C(=O)N[C@@H](CCN)C(=O)N[C@@H](Cc2ccccc2)C(=O)O[C@@H]1C. The molecule has 1 saturated heterocycles. The Bertz CT molecular complexity index is 3490. The smallest absolute Gasteiger partial charge is 0.329 e. The topological polar surface area (TPSA) is 601 Å². The number of carbonyl (C=O) groups is 16. The number of nitrogens with one attached hydrogen (secondary N) is 13. The minimum atomic E-state index is -2.14. The van der Waals surface area contributed by atoms with Crippen LogP contribution in [0.25, 0.3) is 10.9 Å². The van der Waals surface area contributed by atoms with Crippen LogP contribution in [-0.2, 0) is 94.3 Å². The summed E-state index contributed by atoms with van der Waals surface area (Å²) in [5.41, 5.74) is 18.8. The summed E-state index contributed by atoms with van der Waals surface area (Å²) in [6.07, 6.45) is -2.19. The number of aromatic amines is 1. The van der Waals surface area contributed by atoms with E-state index in [-0.39, 0.29) is 38.6 Å². The number of nitrogens with two attached hydrogens (primary N) is 3. The highest BCUT2D eigenvalue weighted by molar-refractivity contribution is 6.01. The van der Waals surface area contributed by atoms with Crippen LogP contribution >= 0.6 is 0 Å². The monoisotopic (exact) mass is 1460 g/mol. The molecule has 0 spiro atoms. The number of cyclic esters (lactones) is 1. The molecule has 23 N–H and O–H groups in total. The first kappa shape index (κ1) is 85.8. The third kappa shape index (κ3) is 29.0. The van der Waals surface area contributed by atoms with Gasteiger partial charge in [0.1, 0.15) is 66.5 Å². The first-order valence-corrected chi connectivity index (χ1v) is 34.2. The molecule has 4 rings (SSSR count). The Morgan fingerprint density at radius 2 is 1.11 bits per heavy atom. The molecule has 1 unspecified atom stereocenters. The third-order valence-electron chi connectivity index (χ3n) is 16.8. The minimum Gasteiger partial charge on any atom is -0.481 e. The van der Waals surface area contributed by atoms with Gasteiger partial charge in [-0.25, -0.2) is 4.79 Å². The highest BCUT2D eigenvalue weighted by Crippen LogP contribution is 2.21. The van der Waals surface area contributed by atoms with Gasteiger partial charge < -0.3 is 111 Å². The van der Waals surface area contributed by atoms with Crippen molar-refractivity contribution in [2.75, 3.05) is 32.8 Å². The van der Waals surface area contributed by atoms with Crippen LogP contribution in [0, 0.1) is 5.92 Å². The summed E-state index contributed by atoms with van der Waals surface area (Å²) in [4.78, 5) is 223. The summed E-state index contributed by atoms with van der Waals surface area (Å²) in [5.74, 6) is -21.0. The van der Waals surface area contributed by atoms with Crippen molar-refractivity contribution in [2.24, 2.45) is 23.1 Å². The molecule has 3 aromatic rings. The van der Waals surface area contributed by atoms with Gasteiger partial charge in [-0.3, -0.25) is 71.9 Å². The first-order chi connectivity index (χ1) is 49.4. The lowest BCUT2D eigenvalue weighted by Gasteiger charge is -2.30. The fourth-order valence-electron chi connectivity index (χ4n) is 10.9. The van der Waals surface area contributed by atoms with E-state index >= 15 is 0 Å². The number of esters is 1. The van der Waals surface area contributed by atoms with Gasteiger partial charge in [0, 0.05) is 29.9 Å². The Morgan fingerprint density at radius 1 is 0.596 bits per heavy atom. The Balaban J connectivity index is 1.86. The minimum absolute atomic E-state index is 0.217. The van der Waals surface area contributed by atoms with Crippen LogP contribution in [0.4, 0.5) is 0 Å². The van der Waals surface area contributed by atoms with Gasteiger partial charge in [-0.2, -0.15) is 0 Å². The van der Waals surface area contributed by atoms with Gasteiger partial charge in [-0.05, 0) is 62.4 Å². The van der Waals surface area contributed by atoms with Crippen molar-refractivity contribution in [3.63, 3.8) is 0 Å². The van der Waals surface area contributed by atoms with E-state index in [1.54, 1.807) is 74.6 Å². The van der Waals surface area contributed by atoms with E-state index in [0.717, 1.165) is 32.6 Å². The molecule has 37 heteroatoms. The van der Waals surface area contributed by atoms with E-state index in [4.69, 9.17) is 21.9 Å². The fourth-order valence-corrected chi connectivity index (χ4v) is 10.9. The van der Waals surface area contributed by atoms with Gasteiger partial charge in [-0.1, -0.05) is 108 Å². The first-order valence-electron chi connectivity index (χ1n) is 34.2. The molecule has 1 aromatic heterocycles. The summed E-state index contributed by atoms with van der Waals surface area (Å²) in [6, 6.07) is -3.49. The zero-order chi connectivity index (χ0) is 77.2. The van der Waals surface area contributed by atoms with Gasteiger partial charge in [0.2, 0.25) is 76.8 Å². The summed E-state index contributed by atoms with van der Waals surface area (Å²) < 4.78 is 5.86. The average molecular weight is 1460 g/mol. The zero-order valence-corrected chi connectivity index (χ0v) is 58.4. The summed E-state index contributed by atoms with van der Waals surface area (Å²) in [7, 11) is 0. The summed E-state index contributed by atoms with van der Waals surface area (Å²) in [6.45, 7) is 2.46. The number of unbranched alkanes of at least 4 members (excludes halogenated alkanes) is 4. The van der Waals surface area contributed by atoms with Gasteiger partial charge in [0.05, 0.1) is 51.5 Å². The predicted molar refractivity (Wildman–Crippen MR) is 369 cm³/mol. The van der Waals surface area contributed by atoms with Crippen LogP contribution in [0.15, 0.2) is 60.8 Å². The second-order valence-electron chi connectivity index (χ2n) is 25.1. The number of benzene rings is 2. The number of H-pyrrole nitrogens is 1. The normalized spacial score (nSPS) is 23.1. The van der Waals surface area contributed by atoms with Crippen LogP contribution in [-0.4, -0.2) is 226 Å². The van der Waals surface area contributed by atoms with E-state index in [1.807, 2.05) is 12.2 Å². The fraction of sp³-hybridized carbons (Fsp3) is 0.552. The molecule has 0 aliphatic carbocycles. The number of hydrogen-bond acceptors (Lipinski definition) is 21. The highest BCUT2D eigenvalue weighted by Gasteiger charge is 2.40. The van der Waals surface area contributed by atoms with E-state index in [1.165, 1.54) is 0 Å². The molecule has 2 aromatic carbocycles. The number of carboxylic acid groups (broad SMARTS) is 2. The number of rotatable bonds is 28. The number of fused-ring (bicyclic) bond motifs is 1. The molecule has 0 bridgehead atoms. The maximum atomic E-state index is 14.8. The van der Waals surface area contributed by atoms with Crippen molar-refractivity contribution >= 4 is 106 Å². The molecular formula is C67H98N16O21. The number of aliphatic carboxylic acids is 2. The van der Waals surface area contributed by atoms with Crippen molar-refractivity contribution < 1.29 is 102 Å². The maximum Gasteiger partial charge on any atom is 0.329 e. The Labute approximate surface area is 598 Å². The lowest BCUT2D eigenvalue weighted by atomic mass is 9.96. The van der Waals surface area contributed by atoms with Crippen molar-refractivity contribution in [3.05, 3.63) is 71.9 Å². The molecule has 37 nitrogen and oxygen atoms in total. The van der Waals surface area contributed by atoms with Gasteiger partial charge in [0.25, 0.3) is 0 Å². The van der Waals surface area contributed by atoms with Crippen LogP contribution in [0.3, 0.4) is 0 Å². The molecule has 104 heavy (non-hydrogen) atoms. The molecule has 13 atom stereocenters. The number of primary amides is 1. The van der Waals surface area contributed by atoms with Crippen LogP contribution in [0.2, 0.25) is 0 Å². The molecule has 1 aliphatic rings. The number of ether oxygens (including phenoxy) is 1. The van der Waals surface area contributed by atoms with E-state index in [2.05, 4.69) is 63.5 Å². The number of carbonyl (C=O) groups excluding carboxylic acids is 14. The maximum absolute atomic E-state index is 14.8. The second kappa shape index (κ2) is 44.0. The van der Waals surface area contributed by atoms with Gasteiger partial charge in [-0.15, -0.1) is 0 Å². The molecular weight excluding hydrogens is 1360 g/mol. The van der Waals surface area contributed by atoms with Crippen molar-refractivity contribution in [3.8, 4) is 0 Å². The Morgan fingerprint density at radius 3 is 1.65 bits per heavy atom. The number of aromatic nitrogens is 1. The van der Waals surface area contributed by atoms with Crippen molar-refractivity contribution in [1.82, 2.24) is 68.8 Å². The molecule has 0 saturated carbocycles. The van der Waals surface area contributed by atoms with Gasteiger partial charge >= 0.3 is 17.9 Å². The van der Waals surface area contributed by atoms with Crippen LogP contribution in [0.1, 0.15) is 122 Å². The Kier molecular flexibility index (Phi) is 36.3. The largest absolute Gasteiger partial charge is 0.481 e. The number of hydrogen-bond donors (Lipinski definition) is 20. The molecule has 13 amide bonds. The highest BCUT2D eigenvalue weighted by atomic mass is 16.5. The molecule has 1 fully saturated rings. The molecule has 2 heterocycles. The summed E-state index contributed by atoms with van der Waals surface area (Å²) in [5, 5.41) is 69.1. The van der Waals surface area contributed by atoms with Crippen LogP contribution in [0.5, 0.6) is 0 Å². The Hall–Kier alpha value is -10.7. The molecule has 1 aliphatic heterocycles. The predicted octanol–water partition coefficient (Wildman–Crippen LogP) is -5.35. The standard InChI is InChI=1S/C67H98N16O21/c1-5-7-8-9-13-18-39(85)27-51(87)76-49(34-84)64(100)83-57-36(4)104-67(103)48(25-37-16-11-10-12-17-37)81-61(97)43(22-24-69)77-65(101)56(35(3)6-2)82-63(99)44(26-38-31-71-41-20-15-14-19-40(38)41)74-52(88)32-72-59(95)47(30-55(92)93)80-62(98)45(28-50(70)86)75-53(89)33-73-58(94)46(29-54(90)91)79-60(96)42(21-23-68)78-66(57)102/h10-12,14-17,19-20,31,35-36,39,42-49,56-57,71,84-85H,5-9,13,18,21-30,32-34,68-69H2,1-4H3,(H2,70,86)(H,72,95)(H,73,94)(H,74,88)(H,75,89)(H,76,87)(H,77,101)(H,78,102)(H,79,96)(H,80,98)(H,81,97)(H,82,99)(H,83,100)(H,90,91)(H,92,93)/t35-,36+,39?,42+,43-,44-,45+,46-,47+,48-,49+,56-,57-/m0/s1. The number of carboxylic acids is 2. The number of para-hydroxylation sites is 1. The van der Waals surface area contributed by atoms with E-state index in [9.17, 15) is 97.1 Å². The van der Waals surface area contributed by atoms with Gasteiger partial charge in [0.15, 0.2) is 0 Å². The van der Waals surface area contributed by atoms with Crippen LogP contribution < -0.4 is 81.0 Å².